The molecular weight excluding hydrogens is 293 g/mol. The fourth-order valence-electron chi connectivity index (χ4n) is 2.06. The largest absolute Gasteiger partial charge is 0.330 e. The highest BCUT2D eigenvalue weighted by molar-refractivity contribution is 9.10. The molecule has 0 amide bonds. The second-order valence-corrected chi connectivity index (χ2v) is 5.10. The van der Waals surface area contributed by atoms with E-state index < -0.39 is 0 Å². The van der Waals surface area contributed by atoms with Crippen LogP contribution in [-0.4, -0.2) is 6.54 Å². The van der Waals surface area contributed by atoms with Gasteiger partial charge in [-0.2, -0.15) is 0 Å². The third-order valence-corrected chi connectivity index (χ3v) is 3.83. The molecule has 0 saturated heterocycles. The molecule has 2 rings (SSSR count). The maximum Gasteiger partial charge on any atom is 0.126 e. The summed E-state index contributed by atoms with van der Waals surface area (Å²) in [6.45, 7) is 0.433. The molecule has 0 bridgehead atoms. The maximum absolute atomic E-state index is 13.8. The van der Waals surface area contributed by atoms with Crippen LogP contribution in [0, 0.1) is 5.82 Å². The SMILES string of the molecule is NCC(Cc1ccccc1Br)c1ccccc1F. The molecule has 0 saturated carbocycles. The smallest absolute Gasteiger partial charge is 0.126 e. The molecule has 3 heteroatoms. The fraction of sp³-hybridized carbons (Fsp3) is 0.200. The van der Waals surface area contributed by atoms with Crippen LogP contribution in [0.3, 0.4) is 0 Å². The third kappa shape index (κ3) is 2.98. The number of hydrogen-bond acceptors (Lipinski definition) is 1. The summed E-state index contributed by atoms with van der Waals surface area (Å²) in [6.07, 6.45) is 0.735. The standard InChI is InChI=1S/C15H15BrFN/c16-14-7-3-1-5-11(14)9-12(10-18)13-6-2-4-8-15(13)17/h1-8,12H,9-10,18H2. The molecule has 0 spiro atoms. The van der Waals surface area contributed by atoms with Crippen molar-refractivity contribution in [2.75, 3.05) is 6.54 Å². The first-order valence-electron chi connectivity index (χ1n) is 5.90. The Morgan fingerprint density at radius 1 is 1.06 bits per heavy atom. The van der Waals surface area contributed by atoms with E-state index >= 15 is 0 Å². The van der Waals surface area contributed by atoms with E-state index in [4.69, 9.17) is 5.73 Å². The van der Waals surface area contributed by atoms with Crippen molar-refractivity contribution in [1.29, 1.82) is 0 Å². The molecule has 0 aliphatic carbocycles. The number of hydrogen-bond donors (Lipinski definition) is 1. The van der Waals surface area contributed by atoms with Gasteiger partial charge in [0, 0.05) is 10.4 Å². The van der Waals surface area contributed by atoms with Gasteiger partial charge in [-0.1, -0.05) is 52.3 Å². The first kappa shape index (κ1) is 13.2. The molecule has 1 atom stereocenters. The molecule has 2 N–H and O–H groups in total. The highest BCUT2D eigenvalue weighted by atomic mass is 79.9. The zero-order chi connectivity index (χ0) is 13.0. The first-order valence-corrected chi connectivity index (χ1v) is 6.69. The van der Waals surface area contributed by atoms with Crippen LogP contribution in [0.2, 0.25) is 0 Å². The highest BCUT2D eigenvalue weighted by Gasteiger charge is 2.15. The van der Waals surface area contributed by atoms with Crippen molar-refractivity contribution in [3.8, 4) is 0 Å². The van der Waals surface area contributed by atoms with Gasteiger partial charge in [0.25, 0.3) is 0 Å². The van der Waals surface area contributed by atoms with Crippen molar-refractivity contribution < 1.29 is 4.39 Å². The van der Waals surface area contributed by atoms with Crippen LogP contribution in [0.1, 0.15) is 17.0 Å². The minimum atomic E-state index is -0.181. The lowest BCUT2D eigenvalue weighted by Gasteiger charge is -2.17. The Labute approximate surface area is 115 Å². The topological polar surface area (TPSA) is 26.0 Å². The van der Waals surface area contributed by atoms with Gasteiger partial charge in [-0.3, -0.25) is 0 Å². The lowest BCUT2D eigenvalue weighted by molar-refractivity contribution is 0.575. The Balaban J connectivity index is 2.26. The predicted molar refractivity (Wildman–Crippen MR) is 76.0 cm³/mol. The van der Waals surface area contributed by atoms with E-state index in [0.29, 0.717) is 12.1 Å². The fourth-order valence-corrected chi connectivity index (χ4v) is 2.50. The van der Waals surface area contributed by atoms with E-state index in [9.17, 15) is 4.39 Å². The average Bonchev–Trinajstić information content (AvgIpc) is 2.39. The molecule has 0 radical (unpaired) electrons. The van der Waals surface area contributed by atoms with Crippen LogP contribution < -0.4 is 5.73 Å². The minimum Gasteiger partial charge on any atom is -0.330 e. The average molecular weight is 308 g/mol. The third-order valence-electron chi connectivity index (χ3n) is 3.05. The first-order chi connectivity index (χ1) is 8.72. The summed E-state index contributed by atoms with van der Waals surface area (Å²) in [5.74, 6) is -0.176. The van der Waals surface area contributed by atoms with Crippen LogP contribution in [0.5, 0.6) is 0 Å². The van der Waals surface area contributed by atoms with Crippen molar-refractivity contribution in [2.24, 2.45) is 5.73 Å². The highest BCUT2D eigenvalue weighted by Crippen LogP contribution is 2.26. The quantitative estimate of drug-likeness (QED) is 0.911. The molecule has 18 heavy (non-hydrogen) atoms. The molecule has 0 aliphatic heterocycles. The summed E-state index contributed by atoms with van der Waals surface area (Å²) >= 11 is 3.51. The summed E-state index contributed by atoms with van der Waals surface area (Å²) in [5, 5.41) is 0. The predicted octanol–water partition coefficient (Wildman–Crippen LogP) is 3.87. The van der Waals surface area contributed by atoms with Crippen molar-refractivity contribution in [3.05, 3.63) is 69.9 Å². The zero-order valence-corrected chi connectivity index (χ0v) is 11.5. The lowest BCUT2D eigenvalue weighted by atomic mass is 9.92. The molecule has 2 aromatic carbocycles. The van der Waals surface area contributed by atoms with Crippen molar-refractivity contribution in [3.63, 3.8) is 0 Å². The monoisotopic (exact) mass is 307 g/mol. The van der Waals surface area contributed by atoms with Crippen molar-refractivity contribution in [2.45, 2.75) is 12.3 Å². The minimum absolute atomic E-state index is 0.00454. The van der Waals surface area contributed by atoms with Gasteiger partial charge >= 0.3 is 0 Å². The molecule has 0 aliphatic rings. The second-order valence-electron chi connectivity index (χ2n) is 4.25. The van der Waals surface area contributed by atoms with Gasteiger partial charge in [0.2, 0.25) is 0 Å². The summed E-state index contributed by atoms with van der Waals surface area (Å²) in [5.41, 5.74) is 7.63. The Bertz CT molecular complexity index is 527. The van der Waals surface area contributed by atoms with Gasteiger partial charge in [-0.15, -0.1) is 0 Å². The summed E-state index contributed by atoms with van der Waals surface area (Å²) in [4.78, 5) is 0. The van der Waals surface area contributed by atoms with Crippen molar-refractivity contribution in [1.82, 2.24) is 0 Å². The van der Waals surface area contributed by atoms with E-state index in [1.54, 1.807) is 6.07 Å². The van der Waals surface area contributed by atoms with E-state index in [1.807, 2.05) is 36.4 Å². The van der Waals surface area contributed by atoms with Crippen LogP contribution in [0.25, 0.3) is 0 Å². The van der Waals surface area contributed by atoms with E-state index in [2.05, 4.69) is 15.9 Å². The summed E-state index contributed by atoms with van der Waals surface area (Å²) < 4.78 is 14.8. The van der Waals surface area contributed by atoms with Gasteiger partial charge < -0.3 is 5.73 Å². The number of nitrogens with two attached hydrogens (primary N) is 1. The zero-order valence-electron chi connectivity index (χ0n) is 9.94. The van der Waals surface area contributed by atoms with Gasteiger partial charge in [0.05, 0.1) is 0 Å². The normalized spacial score (nSPS) is 12.4. The Hall–Kier alpha value is -1.19. The lowest BCUT2D eigenvalue weighted by Crippen LogP contribution is -2.16. The molecule has 1 unspecified atom stereocenters. The Morgan fingerprint density at radius 3 is 2.39 bits per heavy atom. The van der Waals surface area contributed by atoms with Crippen LogP contribution in [-0.2, 0) is 6.42 Å². The molecule has 0 heterocycles. The van der Waals surface area contributed by atoms with Gasteiger partial charge in [-0.25, -0.2) is 4.39 Å². The molecule has 2 aromatic rings. The van der Waals surface area contributed by atoms with E-state index in [0.717, 1.165) is 16.5 Å². The van der Waals surface area contributed by atoms with Crippen LogP contribution in [0.15, 0.2) is 53.0 Å². The van der Waals surface area contributed by atoms with Crippen LogP contribution >= 0.6 is 15.9 Å². The molecule has 0 fully saturated rings. The molecule has 94 valence electrons. The van der Waals surface area contributed by atoms with Gasteiger partial charge in [-0.05, 0) is 36.2 Å². The Morgan fingerprint density at radius 2 is 1.72 bits per heavy atom. The van der Waals surface area contributed by atoms with E-state index in [1.165, 1.54) is 6.07 Å². The van der Waals surface area contributed by atoms with Crippen molar-refractivity contribution >= 4 is 15.9 Å². The van der Waals surface area contributed by atoms with E-state index in [-0.39, 0.29) is 11.7 Å². The second kappa shape index (κ2) is 6.12. The van der Waals surface area contributed by atoms with Crippen LogP contribution in [0.4, 0.5) is 4.39 Å². The molecular formula is C15H15BrFN. The molecule has 0 aromatic heterocycles. The number of benzene rings is 2. The Kier molecular flexibility index (Phi) is 4.50. The van der Waals surface area contributed by atoms with Gasteiger partial charge in [0.15, 0.2) is 0 Å². The summed E-state index contributed by atoms with van der Waals surface area (Å²) in [7, 11) is 0. The number of halogens is 2. The number of rotatable bonds is 4. The molecule has 1 nitrogen and oxygen atoms in total. The maximum atomic E-state index is 13.8. The summed E-state index contributed by atoms with van der Waals surface area (Å²) in [6, 6.07) is 14.8. The van der Waals surface area contributed by atoms with Gasteiger partial charge in [0.1, 0.15) is 5.82 Å².